The van der Waals surface area contributed by atoms with E-state index in [2.05, 4.69) is 20.0 Å². The predicted octanol–water partition coefficient (Wildman–Crippen LogP) is 0.818. The zero-order chi connectivity index (χ0) is 12.5. The number of aryl methyl sites for hydroxylation is 2. The van der Waals surface area contributed by atoms with E-state index in [0.717, 1.165) is 24.6 Å². The molecule has 6 nitrogen and oxygen atoms in total. The second-order valence-electron chi connectivity index (χ2n) is 4.56. The van der Waals surface area contributed by atoms with Gasteiger partial charge in [0, 0.05) is 44.4 Å². The highest BCUT2D eigenvalue weighted by Crippen LogP contribution is 2.20. The lowest BCUT2D eigenvalue weighted by atomic mass is 9.97. The lowest BCUT2D eigenvalue weighted by Crippen LogP contribution is -2.30. The molecule has 18 heavy (non-hydrogen) atoms. The summed E-state index contributed by atoms with van der Waals surface area (Å²) in [6.45, 7) is 0.860. The minimum absolute atomic E-state index is 0.00481. The van der Waals surface area contributed by atoms with Crippen molar-refractivity contribution in [2.75, 3.05) is 5.32 Å². The second-order valence-corrected chi connectivity index (χ2v) is 4.56. The van der Waals surface area contributed by atoms with E-state index < -0.39 is 0 Å². The van der Waals surface area contributed by atoms with Gasteiger partial charge < -0.3 is 9.88 Å². The van der Waals surface area contributed by atoms with Crippen LogP contribution in [0.3, 0.4) is 0 Å². The van der Waals surface area contributed by atoms with Gasteiger partial charge in [0.1, 0.15) is 11.6 Å². The van der Waals surface area contributed by atoms with E-state index in [-0.39, 0.29) is 11.8 Å². The molecule has 1 aliphatic rings. The molecule has 2 aromatic heterocycles. The van der Waals surface area contributed by atoms with Gasteiger partial charge in [0.15, 0.2) is 0 Å². The molecule has 1 aliphatic heterocycles. The molecule has 0 saturated carbocycles. The van der Waals surface area contributed by atoms with Gasteiger partial charge in [-0.3, -0.25) is 9.48 Å². The molecule has 0 radical (unpaired) electrons. The molecule has 1 amide bonds. The lowest BCUT2D eigenvalue weighted by molar-refractivity contribution is -0.120. The Morgan fingerprint density at radius 3 is 3.17 bits per heavy atom. The molecule has 6 heteroatoms. The van der Waals surface area contributed by atoms with E-state index in [4.69, 9.17) is 0 Å². The first-order valence-corrected chi connectivity index (χ1v) is 6.03. The number of hydrogen-bond donors (Lipinski definition) is 1. The van der Waals surface area contributed by atoms with E-state index in [1.807, 2.05) is 13.2 Å². The average Bonchev–Trinajstić information content (AvgIpc) is 2.98. The summed E-state index contributed by atoms with van der Waals surface area (Å²) in [5, 5.41) is 6.94. The van der Waals surface area contributed by atoms with Gasteiger partial charge in [-0.05, 0) is 6.42 Å². The van der Waals surface area contributed by atoms with E-state index >= 15 is 0 Å². The number of amides is 1. The molecule has 0 aromatic carbocycles. The Balaban J connectivity index is 1.70. The Labute approximate surface area is 105 Å². The Morgan fingerprint density at radius 1 is 1.50 bits per heavy atom. The number of imidazole rings is 1. The van der Waals surface area contributed by atoms with Crippen LogP contribution in [-0.4, -0.2) is 25.2 Å². The predicted molar refractivity (Wildman–Crippen MR) is 65.9 cm³/mol. The normalized spacial score (nSPS) is 18.4. The maximum absolute atomic E-state index is 12.2. The number of anilines is 1. The van der Waals surface area contributed by atoms with Crippen molar-refractivity contribution in [3.05, 3.63) is 30.5 Å². The first kappa shape index (κ1) is 11.0. The zero-order valence-corrected chi connectivity index (χ0v) is 10.2. The number of rotatable bonds is 2. The summed E-state index contributed by atoms with van der Waals surface area (Å²) in [5.41, 5.74) is 0. The van der Waals surface area contributed by atoms with Gasteiger partial charge in [-0.1, -0.05) is 0 Å². The van der Waals surface area contributed by atoms with Crippen molar-refractivity contribution < 1.29 is 4.79 Å². The van der Waals surface area contributed by atoms with Gasteiger partial charge in [-0.25, -0.2) is 4.98 Å². The van der Waals surface area contributed by atoms with Crippen LogP contribution >= 0.6 is 0 Å². The summed E-state index contributed by atoms with van der Waals surface area (Å²) in [5.74, 6) is 1.77. The van der Waals surface area contributed by atoms with Crippen LogP contribution < -0.4 is 5.32 Å². The summed E-state index contributed by atoms with van der Waals surface area (Å²) < 4.78 is 3.76. The fourth-order valence-corrected chi connectivity index (χ4v) is 2.30. The summed E-state index contributed by atoms with van der Waals surface area (Å²) >= 11 is 0. The van der Waals surface area contributed by atoms with Gasteiger partial charge in [0.2, 0.25) is 5.91 Å². The topological polar surface area (TPSA) is 64.7 Å². The lowest BCUT2D eigenvalue weighted by Gasteiger charge is -2.22. The first-order chi connectivity index (χ1) is 8.74. The van der Waals surface area contributed by atoms with Crippen LogP contribution in [0.2, 0.25) is 0 Å². The first-order valence-electron chi connectivity index (χ1n) is 6.03. The van der Waals surface area contributed by atoms with Gasteiger partial charge >= 0.3 is 0 Å². The summed E-state index contributed by atoms with van der Waals surface area (Å²) in [6, 6.07) is 1.79. The molecular weight excluding hydrogens is 230 g/mol. The summed E-state index contributed by atoms with van der Waals surface area (Å²) in [4.78, 5) is 16.4. The molecule has 0 bridgehead atoms. The number of hydrogen-bond acceptors (Lipinski definition) is 3. The van der Waals surface area contributed by atoms with Crippen molar-refractivity contribution in [2.24, 2.45) is 13.0 Å². The number of fused-ring (bicyclic) bond motifs is 1. The largest absolute Gasteiger partial charge is 0.335 e. The van der Waals surface area contributed by atoms with E-state index in [0.29, 0.717) is 6.42 Å². The minimum atomic E-state index is -0.00481. The molecule has 0 saturated heterocycles. The molecule has 94 valence electrons. The SMILES string of the molecule is Cn1nccc1NC(=O)C1CCn2ccnc2C1. The molecule has 0 spiro atoms. The Kier molecular flexibility index (Phi) is 2.62. The average molecular weight is 245 g/mol. The van der Waals surface area contributed by atoms with Crippen LogP contribution in [0.4, 0.5) is 5.82 Å². The molecule has 2 aromatic rings. The van der Waals surface area contributed by atoms with Crippen molar-refractivity contribution in [2.45, 2.75) is 19.4 Å². The van der Waals surface area contributed by atoms with E-state index in [9.17, 15) is 4.79 Å². The molecule has 1 atom stereocenters. The summed E-state index contributed by atoms with van der Waals surface area (Å²) in [7, 11) is 1.81. The van der Waals surface area contributed by atoms with Crippen molar-refractivity contribution in [3.8, 4) is 0 Å². The number of carbonyl (C=O) groups excluding carboxylic acids is 1. The maximum atomic E-state index is 12.2. The quantitative estimate of drug-likeness (QED) is 0.851. The van der Waals surface area contributed by atoms with Crippen molar-refractivity contribution in [3.63, 3.8) is 0 Å². The van der Waals surface area contributed by atoms with Crippen LogP contribution in [0.25, 0.3) is 0 Å². The van der Waals surface area contributed by atoms with Crippen LogP contribution in [-0.2, 0) is 24.8 Å². The third kappa shape index (κ3) is 1.90. The Bertz CT molecular complexity index is 571. The number of nitrogens with zero attached hydrogens (tertiary/aromatic N) is 4. The number of nitrogens with one attached hydrogen (secondary N) is 1. The molecule has 3 heterocycles. The highest BCUT2D eigenvalue weighted by atomic mass is 16.2. The van der Waals surface area contributed by atoms with Crippen LogP contribution in [0.15, 0.2) is 24.7 Å². The smallest absolute Gasteiger partial charge is 0.229 e. The second kappa shape index (κ2) is 4.29. The fraction of sp³-hybridized carbons (Fsp3) is 0.417. The number of carbonyl (C=O) groups is 1. The van der Waals surface area contributed by atoms with Gasteiger partial charge in [-0.2, -0.15) is 5.10 Å². The molecule has 3 rings (SSSR count). The van der Waals surface area contributed by atoms with E-state index in [1.54, 1.807) is 23.1 Å². The Hall–Kier alpha value is -2.11. The number of aromatic nitrogens is 4. The van der Waals surface area contributed by atoms with Crippen LogP contribution in [0.5, 0.6) is 0 Å². The van der Waals surface area contributed by atoms with Gasteiger partial charge in [0.05, 0.1) is 6.20 Å². The Morgan fingerprint density at radius 2 is 2.39 bits per heavy atom. The highest BCUT2D eigenvalue weighted by Gasteiger charge is 2.25. The third-order valence-corrected chi connectivity index (χ3v) is 3.39. The summed E-state index contributed by atoms with van der Waals surface area (Å²) in [6.07, 6.45) is 6.98. The molecule has 1 unspecified atom stereocenters. The van der Waals surface area contributed by atoms with E-state index in [1.165, 1.54) is 0 Å². The standard InChI is InChI=1S/C12H15N5O/c1-16-10(2-4-14-16)15-12(18)9-3-6-17-7-5-13-11(17)8-9/h2,4-5,7,9H,3,6,8H2,1H3,(H,15,18). The third-order valence-electron chi connectivity index (χ3n) is 3.39. The molecular formula is C12H15N5O. The van der Waals surface area contributed by atoms with Crippen molar-refractivity contribution in [1.82, 2.24) is 19.3 Å². The monoisotopic (exact) mass is 245 g/mol. The maximum Gasteiger partial charge on any atom is 0.229 e. The fourth-order valence-electron chi connectivity index (χ4n) is 2.30. The van der Waals surface area contributed by atoms with Crippen LogP contribution in [0, 0.1) is 5.92 Å². The molecule has 1 N–H and O–H groups in total. The van der Waals surface area contributed by atoms with Gasteiger partial charge in [0.25, 0.3) is 0 Å². The van der Waals surface area contributed by atoms with Crippen molar-refractivity contribution >= 4 is 11.7 Å². The van der Waals surface area contributed by atoms with Crippen LogP contribution in [0.1, 0.15) is 12.2 Å². The highest BCUT2D eigenvalue weighted by molar-refractivity contribution is 5.91. The molecule has 0 fully saturated rings. The van der Waals surface area contributed by atoms with Crippen molar-refractivity contribution in [1.29, 1.82) is 0 Å². The van der Waals surface area contributed by atoms with Gasteiger partial charge in [-0.15, -0.1) is 0 Å². The minimum Gasteiger partial charge on any atom is -0.335 e. The molecule has 0 aliphatic carbocycles. The zero-order valence-electron chi connectivity index (χ0n) is 10.2.